The van der Waals surface area contributed by atoms with Crippen LogP contribution in [0.3, 0.4) is 0 Å². The van der Waals surface area contributed by atoms with Crippen molar-refractivity contribution in [3.8, 4) is 0 Å². The molecule has 5 nitrogen and oxygen atoms in total. The van der Waals surface area contributed by atoms with Crippen molar-refractivity contribution in [1.29, 1.82) is 0 Å². The van der Waals surface area contributed by atoms with E-state index in [1.54, 1.807) is 12.1 Å². The molecule has 0 spiro atoms. The Hall–Kier alpha value is -0.980. The zero-order valence-electron chi connectivity index (χ0n) is 10.6. The Morgan fingerprint density at radius 3 is 2.78 bits per heavy atom. The molecule has 1 N–H and O–H groups in total. The first kappa shape index (κ1) is 15.1. The maximum absolute atomic E-state index is 10.9. The summed E-state index contributed by atoms with van der Waals surface area (Å²) >= 11 is 3.33. The Labute approximate surface area is 115 Å². The van der Waals surface area contributed by atoms with Crippen LogP contribution >= 0.6 is 15.9 Å². The van der Waals surface area contributed by atoms with Gasteiger partial charge in [-0.15, -0.1) is 0 Å². The summed E-state index contributed by atoms with van der Waals surface area (Å²) in [6.45, 7) is 2.37. The summed E-state index contributed by atoms with van der Waals surface area (Å²) in [5, 5.41) is 14.1. The second-order valence-electron chi connectivity index (χ2n) is 4.36. The van der Waals surface area contributed by atoms with Gasteiger partial charge in [0.05, 0.1) is 4.92 Å². The molecule has 1 rings (SSSR count). The fraction of sp³-hybridized carbons (Fsp3) is 0.500. The van der Waals surface area contributed by atoms with E-state index in [2.05, 4.69) is 26.1 Å². The Morgan fingerprint density at radius 1 is 1.44 bits per heavy atom. The van der Waals surface area contributed by atoms with E-state index in [4.69, 9.17) is 0 Å². The molecular formula is C12H18BrN3O2. The predicted molar refractivity (Wildman–Crippen MR) is 75.7 cm³/mol. The van der Waals surface area contributed by atoms with Gasteiger partial charge >= 0.3 is 0 Å². The molecule has 0 unspecified atom stereocenters. The molecule has 0 aliphatic heterocycles. The zero-order valence-corrected chi connectivity index (χ0v) is 12.2. The summed E-state index contributed by atoms with van der Waals surface area (Å²) < 4.78 is 0.859. The maximum atomic E-state index is 10.9. The molecule has 18 heavy (non-hydrogen) atoms. The van der Waals surface area contributed by atoms with Crippen molar-refractivity contribution in [2.45, 2.75) is 13.0 Å². The standard InChI is InChI=1S/C12H18BrN3O2/c1-15(2)7-3-6-14-9-10-8-11(13)4-5-12(10)16(17)18/h4-5,8,14H,3,6-7,9H2,1-2H3. The Balaban J connectivity index is 2.50. The van der Waals surface area contributed by atoms with E-state index in [-0.39, 0.29) is 10.6 Å². The van der Waals surface area contributed by atoms with Crippen LogP contribution < -0.4 is 5.32 Å². The number of benzene rings is 1. The Morgan fingerprint density at radius 2 is 2.17 bits per heavy atom. The van der Waals surface area contributed by atoms with E-state index in [9.17, 15) is 10.1 Å². The molecule has 0 saturated heterocycles. The lowest BCUT2D eigenvalue weighted by atomic mass is 10.2. The second kappa shape index (κ2) is 7.45. The van der Waals surface area contributed by atoms with Crippen LogP contribution in [-0.2, 0) is 6.54 Å². The van der Waals surface area contributed by atoms with Gasteiger partial charge in [0, 0.05) is 22.6 Å². The van der Waals surface area contributed by atoms with Crippen LogP contribution in [0.15, 0.2) is 22.7 Å². The number of nitro benzene ring substituents is 1. The Bertz CT molecular complexity index is 410. The first-order valence-electron chi connectivity index (χ1n) is 5.79. The SMILES string of the molecule is CN(C)CCCNCc1cc(Br)ccc1[N+](=O)[O-]. The number of nitro groups is 1. The number of hydrogen-bond donors (Lipinski definition) is 1. The first-order valence-corrected chi connectivity index (χ1v) is 6.58. The number of nitrogens with one attached hydrogen (secondary N) is 1. The minimum atomic E-state index is -0.344. The van der Waals surface area contributed by atoms with Gasteiger partial charge < -0.3 is 10.2 Å². The minimum Gasteiger partial charge on any atom is -0.312 e. The summed E-state index contributed by atoms with van der Waals surface area (Å²) in [4.78, 5) is 12.6. The van der Waals surface area contributed by atoms with Gasteiger partial charge in [-0.05, 0) is 45.7 Å². The molecule has 0 aliphatic carbocycles. The largest absolute Gasteiger partial charge is 0.312 e. The lowest BCUT2D eigenvalue weighted by Gasteiger charge is -2.10. The molecule has 1 aromatic carbocycles. The highest BCUT2D eigenvalue weighted by molar-refractivity contribution is 9.10. The van der Waals surface area contributed by atoms with Gasteiger partial charge in [0.1, 0.15) is 0 Å². The topological polar surface area (TPSA) is 58.4 Å². The van der Waals surface area contributed by atoms with Crippen molar-refractivity contribution in [1.82, 2.24) is 10.2 Å². The highest BCUT2D eigenvalue weighted by atomic mass is 79.9. The molecule has 0 aliphatic rings. The second-order valence-corrected chi connectivity index (χ2v) is 5.28. The van der Waals surface area contributed by atoms with Gasteiger partial charge in [-0.3, -0.25) is 10.1 Å². The molecule has 0 amide bonds. The van der Waals surface area contributed by atoms with Gasteiger partial charge in [0.2, 0.25) is 0 Å². The van der Waals surface area contributed by atoms with Crippen molar-refractivity contribution in [2.24, 2.45) is 0 Å². The van der Waals surface area contributed by atoms with Crippen LogP contribution in [0.25, 0.3) is 0 Å². The average molecular weight is 316 g/mol. The number of rotatable bonds is 7. The average Bonchev–Trinajstić information content (AvgIpc) is 2.27. The molecule has 0 heterocycles. The van der Waals surface area contributed by atoms with E-state index >= 15 is 0 Å². The summed E-state index contributed by atoms with van der Waals surface area (Å²) in [5.74, 6) is 0. The summed E-state index contributed by atoms with van der Waals surface area (Å²) in [6, 6.07) is 5.01. The quantitative estimate of drug-likeness (QED) is 0.477. The van der Waals surface area contributed by atoms with E-state index in [1.165, 1.54) is 6.07 Å². The maximum Gasteiger partial charge on any atom is 0.273 e. The van der Waals surface area contributed by atoms with Crippen molar-refractivity contribution < 1.29 is 4.92 Å². The lowest BCUT2D eigenvalue weighted by Crippen LogP contribution is -2.21. The predicted octanol–water partition coefficient (Wildman–Crippen LogP) is 2.40. The van der Waals surface area contributed by atoms with Crippen molar-refractivity contribution in [3.05, 3.63) is 38.3 Å². The van der Waals surface area contributed by atoms with Crippen LogP contribution in [0.1, 0.15) is 12.0 Å². The van der Waals surface area contributed by atoms with Crippen molar-refractivity contribution in [2.75, 3.05) is 27.2 Å². The van der Waals surface area contributed by atoms with Gasteiger partial charge in [0.25, 0.3) is 5.69 Å². The highest BCUT2D eigenvalue weighted by Crippen LogP contribution is 2.22. The van der Waals surface area contributed by atoms with Crippen LogP contribution in [-0.4, -0.2) is 37.0 Å². The molecule has 100 valence electrons. The van der Waals surface area contributed by atoms with E-state index in [0.717, 1.165) is 24.0 Å². The van der Waals surface area contributed by atoms with Crippen LogP contribution in [0, 0.1) is 10.1 Å². The third kappa shape index (κ3) is 5.12. The molecule has 0 radical (unpaired) electrons. The van der Waals surface area contributed by atoms with Crippen molar-refractivity contribution >= 4 is 21.6 Å². The zero-order chi connectivity index (χ0) is 13.5. The minimum absolute atomic E-state index is 0.165. The summed E-state index contributed by atoms with van der Waals surface area (Å²) in [7, 11) is 4.05. The molecule has 0 aromatic heterocycles. The smallest absolute Gasteiger partial charge is 0.273 e. The normalized spacial score (nSPS) is 10.9. The van der Waals surface area contributed by atoms with Gasteiger partial charge in [0.15, 0.2) is 0 Å². The molecule has 0 saturated carbocycles. The molecule has 0 atom stereocenters. The fourth-order valence-electron chi connectivity index (χ4n) is 1.62. The number of halogens is 1. The van der Waals surface area contributed by atoms with E-state index < -0.39 is 0 Å². The fourth-order valence-corrected chi connectivity index (χ4v) is 2.03. The first-order chi connectivity index (χ1) is 8.50. The lowest BCUT2D eigenvalue weighted by molar-refractivity contribution is -0.385. The third-order valence-corrected chi connectivity index (χ3v) is 3.01. The van der Waals surface area contributed by atoms with Crippen LogP contribution in [0.4, 0.5) is 5.69 Å². The van der Waals surface area contributed by atoms with E-state index in [0.29, 0.717) is 12.1 Å². The number of nitrogens with zero attached hydrogens (tertiary/aromatic N) is 2. The number of hydrogen-bond acceptors (Lipinski definition) is 4. The Kier molecular flexibility index (Phi) is 6.24. The molecular weight excluding hydrogens is 298 g/mol. The monoisotopic (exact) mass is 315 g/mol. The summed E-state index contributed by atoms with van der Waals surface area (Å²) in [6.07, 6.45) is 1.02. The van der Waals surface area contributed by atoms with E-state index in [1.807, 2.05) is 14.1 Å². The van der Waals surface area contributed by atoms with Gasteiger partial charge in [-0.1, -0.05) is 15.9 Å². The molecule has 6 heteroatoms. The van der Waals surface area contributed by atoms with Crippen LogP contribution in [0.5, 0.6) is 0 Å². The van der Waals surface area contributed by atoms with Crippen LogP contribution in [0.2, 0.25) is 0 Å². The van der Waals surface area contributed by atoms with Crippen molar-refractivity contribution in [3.63, 3.8) is 0 Å². The highest BCUT2D eigenvalue weighted by Gasteiger charge is 2.12. The molecule has 1 aromatic rings. The third-order valence-electron chi connectivity index (χ3n) is 2.51. The molecule has 0 bridgehead atoms. The molecule has 0 fully saturated rings. The van der Waals surface area contributed by atoms with Gasteiger partial charge in [-0.2, -0.15) is 0 Å². The summed E-state index contributed by atoms with van der Waals surface area (Å²) in [5.41, 5.74) is 0.873. The van der Waals surface area contributed by atoms with Gasteiger partial charge in [-0.25, -0.2) is 0 Å².